The molecule has 5 heteroatoms. The molecular formula is C16H24N2O3. The van der Waals surface area contributed by atoms with Gasteiger partial charge in [-0.05, 0) is 30.5 Å². The van der Waals surface area contributed by atoms with Gasteiger partial charge in [0.25, 0.3) is 0 Å². The number of carbonyl (C=O) groups is 2. The Kier molecular flexibility index (Phi) is 6.72. The molecule has 0 aliphatic heterocycles. The quantitative estimate of drug-likeness (QED) is 0.796. The Bertz CT molecular complexity index is 469. The summed E-state index contributed by atoms with van der Waals surface area (Å²) in [6.45, 7) is 0.491. The molecule has 0 atom stereocenters. The summed E-state index contributed by atoms with van der Waals surface area (Å²) in [5.74, 6) is -0.770. The average Bonchev–Trinajstić information content (AvgIpc) is 2.44. The number of aryl methyl sites for hydroxylation is 1. The number of carboxylic acids is 1. The van der Waals surface area contributed by atoms with Gasteiger partial charge in [0.05, 0.1) is 0 Å². The second-order valence-corrected chi connectivity index (χ2v) is 5.37. The fourth-order valence-electron chi connectivity index (χ4n) is 2.00. The van der Waals surface area contributed by atoms with E-state index in [0.717, 1.165) is 11.3 Å². The van der Waals surface area contributed by atoms with Gasteiger partial charge in [0, 0.05) is 46.2 Å². The molecule has 21 heavy (non-hydrogen) atoms. The van der Waals surface area contributed by atoms with Gasteiger partial charge in [0.1, 0.15) is 0 Å². The lowest BCUT2D eigenvalue weighted by atomic mass is 10.1. The van der Waals surface area contributed by atoms with E-state index in [4.69, 9.17) is 5.11 Å². The molecule has 1 aromatic rings. The zero-order chi connectivity index (χ0) is 15.8. The molecule has 0 spiro atoms. The van der Waals surface area contributed by atoms with Crippen molar-refractivity contribution in [1.29, 1.82) is 0 Å². The molecule has 0 saturated carbocycles. The van der Waals surface area contributed by atoms with Crippen LogP contribution in [0.2, 0.25) is 0 Å². The molecule has 1 aromatic carbocycles. The van der Waals surface area contributed by atoms with Gasteiger partial charge in [0.15, 0.2) is 0 Å². The normalized spacial score (nSPS) is 10.2. The molecule has 5 nitrogen and oxygen atoms in total. The molecule has 0 bridgehead atoms. The predicted molar refractivity (Wildman–Crippen MR) is 83.6 cm³/mol. The fourth-order valence-corrected chi connectivity index (χ4v) is 2.00. The summed E-state index contributed by atoms with van der Waals surface area (Å²) in [5, 5.41) is 8.57. The van der Waals surface area contributed by atoms with Crippen molar-refractivity contribution in [3.05, 3.63) is 29.8 Å². The summed E-state index contributed by atoms with van der Waals surface area (Å²) in [7, 11) is 5.70. The second kappa shape index (κ2) is 8.29. The van der Waals surface area contributed by atoms with E-state index in [1.807, 2.05) is 43.3 Å². The Morgan fingerprint density at radius 3 is 2.19 bits per heavy atom. The van der Waals surface area contributed by atoms with Crippen LogP contribution in [0.25, 0.3) is 0 Å². The maximum Gasteiger partial charge on any atom is 0.303 e. The van der Waals surface area contributed by atoms with E-state index in [1.165, 1.54) is 0 Å². The number of amides is 1. The summed E-state index contributed by atoms with van der Waals surface area (Å²) < 4.78 is 0. The molecule has 0 radical (unpaired) electrons. The molecule has 0 aromatic heterocycles. The van der Waals surface area contributed by atoms with Crippen LogP contribution in [0.15, 0.2) is 24.3 Å². The highest BCUT2D eigenvalue weighted by atomic mass is 16.4. The molecule has 0 aliphatic carbocycles. The van der Waals surface area contributed by atoms with Crippen molar-refractivity contribution in [2.45, 2.75) is 25.7 Å². The van der Waals surface area contributed by atoms with E-state index in [0.29, 0.717) is 25.8 Å². The van der Waals surface area contributed by atoms with Gasteiger partial charge in [0.2, 0.25) is 5.91 Å². The van der Waals surface area contributed by atoms with Crippen molar-refractivity contribution in [3.63, 3.8) is 0 Å². The molecule has 0 unspecified atom stereocenters. The molecule has 0 saturated heterocycles. The average molecular weight is 292 g/mol. The van der Waals surface area contributed by atoms with Gasteiger partial charge in [-0.25, -0.2) is 0 Å². The molecule has 1 N–H and O–H groups in total. The van der Waals surface area contributed by atoms with E-state index in [-0.39, 0.29) is 12.3 Å². The van der Waals surface area contributed by atoms with E-state index in [1.54, 1.807) is 11.9 Å². The number of hydrogen-bond donors (Lipinski definition) is 1. The number of aliphatic carboxylic acids is 1. The third-order valence-corrected chi connectivity index (χ3v) is 3.39. The number of hydrogen-bond acceptors (Lipinski definition) is 3. The van der Waals surface area contributed by atoms with Crippen molar-refractivity contribution in [1.82, 2.24) is 4.90 Å². The van der Waals surface area contributed by atoms with Crippen LogP contribution in [0.5, 0.6) is 0 Å². The van der Waals surface area contributed by atoms with Crippen LogP contribution in [0.1, 0.15) is 24.8 Å². The number of nitrogens with zero attached hydrogens (tertiary/aromatic N) is 2. The van der Waals surface area contributed by atoms with E-state index < -0.39 is 5.97 Å². The van der Waals surface area contributed by atoms with Crippen LogP contribution in [-0.2, 0) is 16.0 Å². The first-order valence-electron chi connectivity index (χ1n) is 7.12. The number of anilines is 1. The van der Waals surface area contributed by atoms with Crippen LogP contribution >= 0.6 is 0 Å². The Hall–Kier alpha value is -2.04. The Balaban J connectivity index is 2.36. The maximum absolute atomic E-state index is 11.9. The van der Waals surface area contributed by atoms with Crippen molar-refractivity contribution < 1.29 is 14.7 Å². The van der Waals surface area contributed by atoms with E-state index in [9.17, 15) is 9.59 Å². The van der Waals surface area contributed by atoms with E-state index in [2.05, 4.69) is 0 Å². The second-order valence-electron chi connectivity index (χ2n) is 5.37. The van der Waals surface area contributed by atoms with Crippen LogP contribution in [0.3, 0.4) is 0 Å². The predicted octanol–water partition coefficient (Wildman–Crippen LogP) is 2.01. The first kappa shape index (κ1) is 17.0. The van der Waals surface area contributed by atoms with Crippen LogP contribution < -0.4 is 4.90 Å². The summed E-state index contributed by atoms with van der Waals surface area (Å²) in [5.41, 5.74) is 2.27. The smallest absolute Gasteiger partial charge is 0.303 e. The van der Waals surface area contributed by atoms with Crippen molar-refractivity contribution in [3.8, 4) is 0 Å². The monoisotopic (exact) mass is 292 g/mol. The van der Waals surface area contributed by atoms with Crippen molar-refractivity contribution in [2.75, 3.05) is 32.6 Å². The minimum absolute atomic E-state index is 0.0528. The summed E-state index contributed by atoms with van der Waals surface area (Å²) in [6.07, 6.45) is 1.75. The third-order valence-electron chi connectivity index (χ3n) is 3.39. The van der Waals surface area contributed by atoms with Gasteiger partial charge in [-0.3, -0.25) is 9.59 Å². The zero-order valence-electron chi connectivity index (χ0n) is 13.0. The van der Waals surface area contributed by atoms with E-state index >= 15 is 0 Å². The lowest BCUT2D eigenvalue weighted by Gasteiger charge is -2.17. The van der Waals surface area contributed by atoms with Gasteiger partial charge in [-0.15, -0.1) is 0 Å². The van der Waals surface area contributed by atoms with Crippen molar-refractivity contribution >= 4 is 17.6 Å². The SMILES string of the molecule is CN(CCCC(=O)O)C(=O)CCc1ccc(N(C)C)cc1. The van der Waals surface area contributed by atoms with Gasteiger partial charge in [-0.2, -0.15) is 0 Å². The number of benzene rings is 1. The Morgan fingerprint density at radius 1 is 1.05 bits per heavy atom. The Morgan fingerprint density at radius 2 is 1.67 bits per heavy atom. The molecular weight excluding hydrogens is 268 g/mol. The number of carbonyl (C=O) groups excluding carboxylic acids is 1. The van der Waals surface area contributed by atoms with Crippen molar-refractivity contribution in [2.24, 2.45) is 0 Å². The summed E-state index contributed by atoms with van der Waals surface area (Å²) in [6, 6.07) is 8.15. The minimum Gasteiger partial charge on any atom is -0.481 e. The summed E-state index contributed by atoms with van der Waals surface area (Å²) in [4.78, 5) is 26.0. The highest BCUT2D eigenvalue weighted by molar-refractivity contribution is 5.76. The first-order chi connectivity index (χ1) is 9.90. The number of rotatable bonds is 8. The molecule has 0 heterocycles. The molecule has 1 amide bonds. The van der Waals surface area contributed by atoms with Gasteiger partial charge in [-0.1, -0.05) is 12.1 Å². The Labute approximate surface area is 126 Å². The van der Waals surface area contributed by atoms with Gasteiger partial charge >= 0.3 is 5.97 Å². The largest absolute Gasteiger partial charge is 0.481 e. The minimum atomic E-state index is -0.822. The lowest BCUT2D eigenvalue weighted by Crippen LogP contribution is -2.28. The summed E-state index contributed by atoms with van der Waals surface area (Å²) >= 11 is 0. The topological polar surface area (TPSA) is 60.9 Å². The molecule has 116 valence electrons. The zero-order valence-corrected chi connectivity index (χ0v) is 13.0. The lowest BCUT2D eigenvalue weighted by molar-refractivity contribution is -0.138. The third kappa shape index (κ3) is 6.29. The van der Waals surface area contributed by atoms with Crippen LogP contribution in [-0.4, -0.2) is 49.6 Å². The standard InChI is InChI=1S/C16H24N2O3/c1-17(2)14-9-6-13(7-10-14)8-11-15(19)18(3)12-4-5-16(20)21/h6-7,9-10H,4-5,8,11-12H2,1-3H3,(H,20,21). The first-order valence-corrected chi connectivity index (χ1v) is 7.12. The van der Waals surface area contributed by atoms with Crippen LogP contribution in [0, 0.1) is 0 Å². The highest BCUT2D eigenvalue weighted by Crippen LogP contribution is 2.13. The molecule has 0 fully saturated rings. The molecule has 0 aliphatic rings. The van der Waals surface area contributed by atoms with Crippen LogP contribution in [0.4, 0.5) is 5.69 Å². The molecule has 1 rings (SSSR count). The fraction of sp³-hybridized carbons (Fsp3) is 0.500. The highest BCUT2D eigenvalue weighted by Gasteiger charge is 2.09. The van der Waals surface area contributed by atoms with Gasteiger partial charge < -0.3 is 14.9 Å². The number of carboxylic acid groups (broad SMARTS) is 1. The maximum atomic E-state index is 11.9.